The molecule has 2 aliphatic carbocycles. The number of amides is 1. The molecule has 7 heteroatoms. The molecule has 5 nitrogen and oxygen atoms in total. The topological polar surface area (TPSA) is 86.8 Å². The van der Waals surface area contributed by atoms with Crippen LogP contribution in [0.3, 0.4) is 0 Å². The summed E-state index contributed by atoms with van der Waals surface area (Å²) in [6.07, 6.45) is 3.28. The van der Waals surface area contributed by atoms with Crippen LogP contribution < -0.4 is 5.73 Å². The third kappa shape index (κ3) is 3.85. The Morgan fingerprint density at radius 1 is 1.04 bits per heavy atom. The summed E-state index contributed by atoms with van der Waals surface area (Å²) in [5.41, 5.74) is 6.46. The lowest BCUT2D eigenvalue weighted by Gasteiger charge is -2.43. The summed E-state index contributed by atoms with van der Waals surface area (Å²) in [5, 5.41) is 19.3. The molecule has 0 spiro atoms. The summed E-state index contributed by atoms with van der Waals surface area (Å²) in [6, 6.07) is -0.104. The smallest absolute Gasteiger partial charge is 0.225 e. The minimum absolute atomic E-state index is 0.00283. The first-order valence-electron chi connectivity index (χ1n) is 9.05. The maximum absolute atomic E-state index is 12.3. The molecule has 2 saturated carbocycles. The van der Waals surface area contributed by atoms with Gasteiger partial charge in [0.15, 0.2) is 0 Å². The highest BCUT2D eigenvalue weighted by Gasteiger charge is 2.42. The average Bonchev–Trinajstić information content (AvgIpc) is 2.54. The molecule has 3 aliphatic rings. The molecule has 1 amide bonds. The largest absolute Gasteiger partial charge is 0.393 e. The molecule has 1 aliphatic heterocycles. The minimum Gasteiger partial charge on any atom is -0.393 e. The van der Waals surface area contributed by atoms with Gasteiger partial charge in [0.1, 0.15) is 0 Å². The Kier molecular flexibility index (Phi) is 5.98. The summed E-state index contributed by atoms with van der Waals surface area (Å²) in [7, 11) is 0. The summed E-state index contributed by atoms with van der Waals surface area (Å²) < 4.78 is 0. The van der Waals surface area contributed by atoms with E-state index in [1.807, 2.05) is 4.90 Å². The first kappa shape index (κ1) is 18.7. The highest BCUT2D eigenvalue weighted by Crippen LogP contribution is 2.37. The second-order valence-electron chi connectivity index (χ2n) is 7.80. The fourth-order valence-electron chi connectivity index (χ4n) is 4.43. The maximum Gasteiger partial charge on any atom is 0.225 e. The fraction of sp³-hybridized carbons (Fsp3) is 0.941. The van der Waals surface area contributed by atoms with E-state index in [0.717, 1.165) is 25.9 Å². The van der Waals surface area contributed by atoms with Crippen molar-refractivity contribution in [3.63, 3.8) is 0 Å². The van der Waals surface area contributed by atoms with Crippen LogP contribution in [-0.2, 0) is 4.79 Å². The van der Waals surface area contributed by atoms with Gasteiger partial charge in [0.25, 0.3) is 0 Å². The highest BCUT2D eigenvalue weighted by molar-refractivity contribution is 6.30. The number of carbonyl (C=O) groups excluding carboxylic acids is 1. The monoisotopic (exact) mass is 378 g/mol. The van der Waals surface area contributed by atoms with Gasteiger partial charge in [-0.2, -0.15) is 0 Å². The van der Waals surface area contributed by atoms with Gasteiger partial charge in [0.2, 0.25) is 5.91 Å². The number of aliphatic hydroxyl groups excluding tert-OH is 2. The molecule has 4 unspecified atom stereocenters. The van der Waals surface area contributed by atoms with Crippen molar-refractivity contribution in [2.24, 2.45) is 23.5 Å². The molecule has 0 aromatic carbocycles. The van der Waals surface area contributed by atoms with Gasteiger partial charge in [0, 0.05) is 31.0 Å². The predicted octanol–water partition coefficient (Wildman–Crippen LogP) is 1.31. The Bertz CT molecular complexity index is 453. The Labute approximate surface area is 153 Å². The second-order valence-corrected chi connectivity index (χ2v) is 8.92. The zero-order chi connectivity index (χ0) is 17.4. The van der Waals surface area contributed by atoms with Crippen molar-refractivity contribution in [1.82, 2.24) is 4.90 Å². The van der Waals surface area contributed by atoms with Crippen molar-refractivity contribution in [2.75, 3.05) is 13.1 Å². The van der Waals surface area contributed by atoms with Crippen molar-refractivity contribution in [1.29, 1.82) is 0 Å². The van der Waals surface area contributed by atoms with Crippen LogP contribution in [0.15, 0.2) is 0 Å². The van der Waals surface area contributed by atoms with Gasteiger partial charge in [-0.1, -0.05) is 0 Å². The molecular weight excluding hydrogens is 351 g/mol. The Morgan fingerprint density at radius 3 is 2.21 bits per heavy atom. The van der Waals surface area contributed by atoms with E-state index < -0.39 is 6.10 Å². The third-order valence-corrected chi connectivity index (χ3v) is 7.30. The summed E-state index contributed by atoms with van der Waals surface area (Å²) in [6.45, 7) is 1.43. The zero-order valence-electron chi connectivity index (χ0n) is 13.9. The number of piperidine rings is 1. The van der Waals surface area contributed by atoms with Gasteiger partial charge >= 0.3 is 0 Å². The van der Waals surface area contributed by atoms with Gasteiger partial charge in [-0.15, -0.1) is 23.2 Å². The normalized spacial score (nSPS) is 42.5. The quantitative estimate of drug-likeness (QED) is 0.646. The standard InChI is InChI=1S/C17H28Cl2N2O3/c18-13-7-12(15(23)8-14(13)19)16(20)9-1-3-21(4-2-9)17(24)10-5-11(22)6-10/h9-16,22-23H,1-8,20H2/t10?,11?,12?,13?,14?,15?,16-/m1/s1. The molecule has 138 valence electrons. The number of hydrogen-bond donors (Lipinski definition) is 3. The van der Waals surface area contributed by atoms with E-state index in [9.17, 15) is 15.0 Å². The van der Waals surface area contributed by atoms with Gasteiger partial charge < -0.3 is 20.8 Å². The van der Waals surface area contributed by atoms with Crippen LogP contribution in [0.5, 0.6) is 0 Å². The van der Waals surface area contributed by atoms with Crippen LogP contribution >= 0.6 is 23.2 Å². The SMILES string of the molecule is N[C@H](C1CCN(C(=O)C2CC(O)C2)CC1)C1CC(Cl)C(Cl)CC1O. The van der Waals surface area contributed by atoms with E-state index in [1.54, 1.807) is 0 Å². The third-order valence-electron chi connectivity index (χ3n) is 6.20. The summed E-state index contributed by atoms with van der Waals surface area (Å²) in [4.78, 5) is 14.3. The van der Waals surface area contributed by atoms with E-state index >= 15 is 0 Å². The molecule has 1 heterocycles. The molecule has 0 aromatic rings. The first-order valence-corrected chi connectivity index (χ1v) is 9.92. The van der Waals surface area contributed by atoms with Crippen LogP contribution in [0.1, 0.15) is 38.5 Å². The number of alkyl halides is 2. The number of nitrogens with two attached hydrogens (primary N) is 1. The van der Waals surface area contributed by atoms with E-state index in [-0.39, 0.29) is 40.6 Å². The molecule has 24 heavy (non-hydrogen) atoms. The number of aliphatic hydroxyl groups is 2. The van der Waals surface area contributed by atoms with Crippen LogP contribution in [0.4, 0.5) is 0 Å². The van der Waals surface area contributed by atoms with Crippen molar-refractivity contribution in [3.05, 3.63) is 0 Å². The highest BCUT2D eigenvalue weighted by atomic mass is 35.5. The zero-order valence-corrected chi connectivity index (χ0v) is 15.4. The molecule has 0 bridgehead atoms. The minimum atomic E-state index is -0.492. The number of hydrogen-bond acceptors (Lipinski definition) is 4. The molecule has 4 N–H and O–H groups in total. The summed E-state index contributed by atoms with van der Waals surface area (Å²) >= 11 is 12.4. The number of nitrogens with zero attached hydrogens (tertiary/aromatic N) is 1. The lowest BCUT2D eigenvalue weighted by Crippen LogP contribution is -2.53. The maximum atomic E-state index is 12.3. The molecule has 1 saturated heterocycles. The van der Waals surface area contributed by atoms with E-state index in [1.165, 1.54) is 0 Å². The van der Waals surface area contributed by atoms with Gasteiger partial charge in [0.05, 0.1) is 23.0 Å². The van der Waals surface area contributed by atoms with Gasteiger partial charge in [-0.25, -0.2) is 0 Å². The van der Waals surface area contributed by atoms with Crippen molar-refractivity contribution in [2.45, 2.75) is 67.5 Å². The van der Waals surface area contributed by atoms with Crippen LogP contribution in [0, 0.1) is 17.8 Å². The van der Waals surface area contributed by atoms with Crippen molar-refractivity contribution >= 4 is 29.1 Å². The van der Waals surface area contributed by atoms with Crippen LogP contribution in [-0.4, -0.2) is 63.1 Å². The van der Waals surface area contributed by atoms with E-state index in [0.29, 0.717) is 31.6 Å². The molecule has 0 aromatic heterocycles. The number of likely N-dealkylation sites (tertiary alicyclic amines) is 1. The van der Waals surface area contributed by atoms with Crippen molar-refractivity contribution < 1.29 is 15.0 Å². The lowest BCUT2D eigenvalue weighted by molar-refractivity contribution is -0.144. The molecule has 3 rings (SSSR count). The molecule has 0 radical (unpaired) electrons. The molecule has 5 atom stereocenters. The number of carbonyl (C=O) groups is 1. The van der Waals surface area contributed by atoms with E-state index in [4.69, 9.17) is 28.9 Å². The first-order chi connectivity index (χ1) is 11.4. The molecular formula is C17H28Cl2N2O3. The number of halogens is 2. The Balaban J connectivity index is 1.50. The van der Waals surface area contributed by atoms with Gasteiger partial charge in [-0.05, 0) is 44.4 Å². The Hall–Kier alpha value is -0.0700. The van der Waals surface area contributed by atoms with E-state index in [2.05, 4.69) is 0 Å². The summed E-state index contributed by atoms with van der Waals surface area (Å²) in [5.74, 6) is 0.465. The van der Waals surface area contributed by atoms with Crippen LogP contribution in [0.2, 0.25) is 0 Å². The average molecular weight is 379 g/mol. The predicted molar refractivity (Wildman–Crippen MR) is 94.0 cm³/mol. The fourth-order valence-corrected chi connectivity index (χ4v) is 5.03. The second kappa shape index (κ2) is 7.67. The van der Waals surface area contributed by atoms with Gasteiger partial charge in [-0.3, -0.25) is 4.79 Å². The number of rotatable bonds is 3. The Morgan fingerprint density at radius 2 is 1.62 bits per heavy atom. The lowest BCUT2D eigenvalue weighted by atomic mass is 9.74. The van der Waals surface area contributed by atoms with Crippen molar-refractivity contribution in [3.8, 4) is 0 Å². The molecule has 3 fully saturated rings. The van der Waals surface area contributed by atoms with Crippen LogP contribution in [0.25, 0.3) is 0 Å².